The number of nitrogens with one attached hydrogen (secondary N) is 1. The van der Waals surface area contributed by atoms with Crippen molar-refractivity contribution in [2.45, 2.75) is 32.7 Å². The Morgan fingerprint density at radius 1 is 1.41 bits per heavy atom. The number of rotatable bonds is 7. The van der Waals surface area contributed by atoms with Gasteiger partial charge in [0.25, 0.3) is 0 Å². The predicted octanol–water partition coefficient (Wildman–Crippen LogP) is 3.21. The molecule has 0 aromatic heterocycles. The Balaban J connectivity index is 2.62. The Bertz CT molecular complexity index is 341. The van der Waals surface area contributed by atoms with Crippen molar-refractivity contribution in [2.75, 3.05) is 20.3 Å². The zero-order valence-corrected chi connectivity index (χ0v) is 10.9. The molecule has 1 aromatic carbocycles. The lowest BCUT2D eigenvalue weighted by Crippen LogP contribution is -2.18. The minimum absolute atomic E-state index is 0.171. The molecule has 0 aliphatic rings. The summed E-state index contributed by atoms with van der Waals surface area (Å²) in [6, 6.07) is 5.16. The Hall–Kier alpha value is -0.930. The van der Waals surface area contributed by atoms with Gasteiger partial charge < -0.3 is 10.1 Å². The zero-order valence-electron chi connectivity index (χ0n) is 10.9. The van der Waals surface area contributed by atoms with Gasteiger partial charge in [-0.1, -0.05) is 6.07 Å². The van der Waals surface area contributed by atoms with E-state index in [0.717, 1.165) is 37.2 Å². The molecule has 1 atom stereocenters. The van der Waals surface area contributed by atoms with Gasteiger partial charge in [-0.15, -0.1) is 0 Å². The van der Waals surface area contributed by atoms with Crippen molar-refractivity contribution in [3.63, 3.8) is 0 Å². The molecule has 96 valence electrons. The second-order valence-electron chi connectivity index (χ2n) is 4.18. The lowest BCUT2D eigenvalue weighted by molar-refractivity contribution is 0.141. The van der Waals surface area contributed by atoms with E-state index in [1.54, 1.807) is 6.07 Å². The SMILES string of the molecule is CCOCCCC(NC)c1cc(F)ccc1C. The van der Waals surface area contributed by atoms with Crippen molar-refractivity contribution in [2.24, 2.45) is 0 Å². The summed E-state index contributed by atoms with van der Waals surface area (Å²) in [6.07, 6.45) is 1.94. The summed E-state index contributed by atoms with van der Waals surface area (Å²) in [5.74, 6) is -0.171. The topological polar surface area (TPSA) is 21.3 Å². The number of aryl methyl sites for hydroxylation is 1. The van der Waals surface area contributed by atoms with Crippen LogP contribution in [0.2, 0.25) is 0 Å². The molecule has 2 nitrogen and oxygen atoms in total. The van der Waals surface area contributed by atoms with Gasteiger partial charge in [-0.05, 0) is 57.0 Å². The molecule has 0 saturated carbocycles. The summed E-state index contributed by atoms with van der Waals surface area (Å²) in [4.78, 5) is 0. The first-order chi connectivity index (χ1) is 8.19. The smallest absolute Gasteiger partial charge is 0.123 e. The van der Waals surface area contributed by atoms with Crippen LogP contribution in [0, 0.1) is 12.7 Å². The van der Waals surface area contributed by atoms with E-state index < -0.39 is 0 Å². The molecule has 0 amide bonds. The molecular weight excluding hydrogens is 217 g/mol. The third kappa shape index (κ3) is 4.44. The standard InChI is InChI=1S/C14H22FNO/c1-4-17-9-5-6-14(16-3)13-10-12(15)8-7-11(13)2/h7-8,10,14,16H,4-6,9H2,1-3H3. The Labute approximate surface area is 103 Å². The van der Waals surface area contributed by atoms with Crippen molar-refractivity contribution in [1.82, 2.24) is 5.32 Å². The molecule has 3 heteroatoms. The van der Waals surface area contributed by atoms with Crippen LogP contribution in [-0.4, -0.2) is 20.3 Å². The van der Waals surface area contributed by atoms with E-state index in [1.165, 1.54) is 6.07 Å². The molecule has 0 spiro atoms. The highest BCUT2D eigenvalue weighted by atomic mass is 19.1. The Morgan fingerprint density at radius 2 is 2.18 bits per heavy atom. The van der Waals surface area contributed by atoms with Crippen molar-refractivity contribution < 1.29 is 9.13 Å². The minimum Gasteiger partial charge on any atom is -0.382 e. The van der Waals surface area contributed by atoms with E-state index in [2.05, 4.69) is 5.32 Å². The fourth-order valence-electron chi connectivity index (χ4n) is 1.98. The van der Waals surface area contributed by atoms with E-state index in [0.29, 0.717) is 0 Å². The molecule has 17 heavy (non-hydrogen) atoms. The summed E-state index contributed by atoms with van der Waals surface area (Å²) >= 11 is 0. The third-order valence-corrected chi connectivity index (χ3v) is 2.95. The van der Waals surface area contributed by atoms with Gasteiger partial charge in [0.05, 0.1) is 0 Å². The molecule has 1 N–H and O–H groups in total. The third-order valence-electron chi connectivity index (χ3n) is 2.95. The maximum Gasteiger partial charge on any atom is 0.123 e. The fraction of sp³-hybridized carbons (Fsp3) is 0.571. The highest BCUT2D eigenvalue weighted by Gasteiger charge is 2.12. The molecule has 1 aromatic rings. The van der Waals surface area contributed by atoms with Crippen LogP contribution in [0.15, 0.2) is 18.2 Å². The van der Waals surface area contributed by atoms with Gasteiger partial charge in [0, 0.05) is 19.3 Å². The highest BCUT2D eigenvalue weighted by molar-refractivity contribution is 5.29. The number of halogens is 1. The summed E-state index contributed by atoms with van der Waals surface area (Å²) in [7, 11) is 1.91. The second kappa shape index (κ2) is 7.41. The van der Waals surface area contributed by atoms with Gasteiger partial charge >= 0.3 is 0 Å². The normalized spacial score (nSPS) is 12.7. The van der Waals surface area contributed by atoms with Gasteiger partial charge in [-0.25, -0.2) is 4.39 Å². The minimum atomic E-state index is -0.171. The fourth-order valence-corrected chi connectivity index (χ4v) is 1.98. The summed E-state index contributed by atoms with van der Waals surface area (Å²) in [6.45, 7) is 5.53. The molecule has 0 saturated heterocycles. The van der Waals surface area contributed by atoms with Crippen molar-refractivity contribution in [3.8, 4) is 0 Å². The lowest BCUT2D eigenvalue weighted by atomic mass is 9.97. The Kier molecular flexibility index (Phi) is 6.16. The molecule has 0 fully saturated rings. The first kappa shape index (κ1) is 14.1. The largest absolute Gasteiger partial charge is 0.382 e. The van der Waals surface area contributed by atoms with Crippen LogP contribution < -0.4 is 5.32 Å². The van der Waals surface area contributed by atoms with Crippen molar-refractivity contribution in [1.29, 1.82) is 0 Å². The summed E-state index contributed by atoms with van der Waals surface area (Å²) in [5, 5.41) is 3.24. The van der Waals surface area contributed by atoms with E-state index in [4.69, 9.17) is 4.74 Å². The summed E-state index contributed by atoms with van der Waals surface area (Å²) < 4.78 is 18.6. The molecule has 0 bridgehead atoms. The van der Waals surface area contributed by atoms with E-state index in [1.807, 2.05) is 27.0 Å². The van der Waals surface area contributed by atoms with Crippen molar-refractivity contribution in [3.05, 3.63) is 35.1 Å². The van der Waals surface area contributed by atoms with E-state index in [9.17, 15) is 4.39 Å². The molecule has 0 aliphatic carbocycles. The van der Waals surface area contributed by atoms with Crippen LogP contribution in [0.3, 0.4) is 0 Å². The van der Waals surface area contributed by atoms with E-state index >= 15 is 0 Å². The second-order valence-corrected chi connectivity index (χ2v) is 4.18. The molecule has 0 aliphatic heterocycles. The average molecular weight is 239 g/mol. The molecule has 1 unspecified atom stereocenters. The Morgan fingerprint density at radius 3 is 2.82 bits per heavy atom. The number of ether oxygens (including phenoxy) is 1. The number of hydrogen-bond acceptors (Lipinski definition) is 2. The van der Waals surface area contributed by atoms with Gasteiger partial charge in [0.2, 0.25) is 0 Å². The highest BCUT2D eigenvalue weighted by Crippen LogP contribution is 2.22. The van der Waals surface area contributed by atoms with Crippen LogP contribution in [0.4, 0.5) is 4.39 Å². The predicted molar refractivity (Wildman–Crippen MR) is 68.7 cm³/mol. The average Bonchev–Trinajstić information content (AvgIpc) is 2.33. The van der Waals surface area contributed by atoms with Crippen LogP contribution in [0.25, 0.3) is 0 Å². The van der Waals surface area contributed by atoms with Gasteiger partial charge in [0.15, 0.2) is 0 Å². The quantitative estimate of drug-likeness (QED) is 0.738. The van der Waals surface area contributed by atoms with Gasteiger partial charge in [-0.3, -0.25) is 0 Å². The maximum absolute atomic E-state index is 13.2. The lowest BCUT2D eigenvalue weighted by Gasteiger charge is -2.19. The molecular formula is C14H22FNO. The summed E-state index contributed by atoms with van der Waals surface area (Å²) in [5.41, 5.74) is 2.17. The molecule has 1 rings (SSSR count). The van der Waals surface area contributed by atoms with Crippen LogP contribution >= 0.6 is 0 Å². The maximum atomic E-state index is 13.2. The van der Waals surface area contributed by atoms with Gasteiger partial charge in [0.1, 0.15) is 5.82 Å². The monoisotopic (exact) mass is 239 g/mol. The first-order valence-electron chi connectivity index (χ1n) is 6.20. The number of hydrogen-bond donors (Lipinski definition) is 1. The van der Waals surface area contributed by atoms with Crippen LogP contribution in [0.5, 0.6) is 0 Å². The van der Waals surface area contributed by atoms with Crippen LogP contribution in [-0.2, 0) is 4.74 Å². The molecule has 0 heterocycles. The van der Waals surface area contributed by atoms with Crippen LogP contribution in [0.1, 0.15) is 36.9 Å². The first-order valence-corrected chi connectivity index (χ1v) is 6.20. The zero-order chi connectivity index (χ0) is 12.7. The van der Waals surface area contributed by atoms with E-state index in [-0.39, 0.29) is 11.9 Å². The number of benzene rings is 1. The van der Waals surface area contributed by atoms with Gasteiger partial charge in [-0.2, -0.15) is 0 Å². The molecule has 0 radical (unpaired) electrons. The van der Waals surface area contributed by atoms with Crippen molar-refractivity contribution >= 4 is 0 Å².